The lowest BCUT2D eigenvalue weighted by atomic mass is 10.1. The van der Waals surface area contributed by atoms with E-state index in [0.717, 1.165) is 17.3 Å². The van der Waals surface area contributed by atoms with Gasteiger partial charge in [-0.3, -0.25) is 5.10 Å². The van der Waals surface area contributed by atoms with E-state index < -0.39 is 11.6 Å². The Morgan fingerprint density at radius 1 is 1.17 bits per heavy atom. The number of aliphatic hydroxyl groups excluding tert-OH is 1. The smallest absolute Gasteiger partial charge is 0.326 e. The van der Waals surface area contributed by atoms with Gasteiger partial charge in [-0.15, -0.1) is 0 Å². The van der Waals surface area contributed by atoms with E-state index >= 15 is 4.39 Å². The molecule has 2 aliphatic rings. The van der Waals surface area contributed by atoms with Gasteiger partial charge in [0.1, 0.15) is 17.5 Å². The van der Waals surface area contributed by atoms with Crippen molar-refractivity contribution in [2.75, 3.05) is 23.3 Å². The van der Waals surface area contributed by atoms with Crippen molar-refractivity contribution in [3.8, 4) is 11.8 Å². The summed E-state index contributed by atoms with van der Waals surface area (Å²) >= 11 is 0. The number of rotatable bonds is 6. The molecule has 0 saturated carbocycles. The molecule has 2 aromatic heterocycles. The first-order valence-electron chi connectivity index (χ1n) is 11.5. The highest BCUT2D eigenvalue weighted by Gasteiger charge is 2.24. The molecule has 182 valence electrons. The van der Waals surface area contributed by atoms with Crippen molar-refractivity contribution in [1.82, 2.24) is 20.2 Å². The molecule has 1 saturated heterocycles. The minimum Gasteiger partial charge on any atom is -0.421 e. The molecule has 1 aromatic carbocycles. The van der Waals surface area contributed by atoms with E-state index in [0.29, 0.717) is 55.4 Å². The number of halogens is 2. The Morgan fingerprint density at radius 2 is 1.97 bits per heavy atom. The van der Waals surface area contributed by atoms with Crippen LogP contribution in [0.15, 0.2) is 29.8 Å². The molecule has 0 amide bonds. The number of nitrogens with one attached hydrogen (secondary N) is 2. The molecule has 8 nitrogen and oxygen atoms in total. The fourth-order valence-electron chi connectivity index (χ4n) is 4.31. The van der Waals surface area contributed by atoms with Crippen LogP contribution in [0.25, 0.3) is 12.2 Å². The van der Waals surface area contributed by atoms with Gasteiger partial charge in [0, 0.05) is 42.4 Å². The third-order valence-electron chi connectivity index (χ3n) is 6.05. The molecule has 3 heterocycles. The zero-order valence-electron chi connectivity index (χ0n) is 19.5. The van der Waals surface area contributed by atoms with Gasteiger partial charge in [-0.2, -0.15) is 15.1 Å². The summed E-state index contributed by atoms with van der Waals surface area (Å²) in [6.45, 7) is 4.92. The van der Waals surface area contributed by atoms with Gasteiger partial charge in [0.25, 0.3) is 0 Å². The van der Waals surface area contributed by atoms with Crippen LogP contribution in [-0.4, -0.2) is 44.5 Å². The molecule has 1 aliphatic carbocycles. The molecule has 3 aromatic rings. The van der Waals surface area contributed by atoms with Crippen molar-refractivity contribution in [2.24, 2.45) is 0 Å². The van der Waals surface area contributed by atoms with Crippen molar-refractivity contribution >= 4 is 29.6 Å². The van der Waals surface area contributed by atoms with Crippen molar-refractivity contribution in [1.29, 1.82) is 0 Å². The highest BCUT2D eigenvalue weighted by atomic mass is 19.1. The van der Waals surface area contributed by atoms with E-state index in [9.17, 15) is 9.50 Å². The highest BCUT2D eigenvalue weighted by molar-refractivity contribution is 5.66. The maximum absolute atomic E-state index is 15.2. The normalized spacial score (nSPS) is 16.0. The topological polar surface area (TPSA) is 99.2 Å². The molecular formula is C25H26F2N6O2. The van der Waals surface area contributed by atoms with Crippen LogP contribution in [0.2, 0.25) is 0 Å². The number of anilines is 3. The van der Waals surface area contributed by atoms with E-state index in [1.54, 1.807) is 12.1 Å². The van der Waals surface area contributed by atoms with E-state index in [1.165, 1.54) is 0 Å². The maximum Gasteiger partial charge on any atom is 0.326 e. The quantitative estimate of drug-likeness (QED) is 0.458. The predicted molar refractivity (Wildman–Crippen MR) is 130 cm³/mol. The van der Waals surface area contributed by atoms with Crippen LogP contribution in [0.4, 0.5) is 26.2 Å². The predicted octanol–water partition coefficient (Wildman–Crippen LogP) is 4.97. The molecule has 5 rings (SSSR count). The number of hydrogen-bond donors (Lipinski definition) is 3. The van der Waals surface area contributed by atoms with Crippen LogP contribution in [0.3, 0.4) is 0 Å². The second-order valence-corrected chi connectivity index (χ2v) is 8.78. The fraction of sp³-hybridized carbons (Fsp3) is 0.320. The first kappa shape index (κ1) is 23.0. The average molecular weight is 481 g/mol. The molecular weight excluding hydrogens is 454 g/mol. The van der Waals surface area contributed by atoms with E-state index in [2.05, 4.69) is 25.5 Å². The summed E-state index contributed by atoms with van der Waals surface area (Å²) in [4.78, 5) is 10.8. The van der Waals surface area contributed by atoms with Gasteiger partial charge in [0.15, 0.2) is 17.4 Å². The summed E-state index contributed by atoms with van der Waals surface area (Å²) in [6.07, 6.45) is 6.62. The van der Waals surface area contributed by atoms with Crippen LogP contribution in [0.5, 0.6) is 11.8 Å². The van der Waals surface area contributed by atoms with Gasteiger partial charge in [0.05, 0.1) is 11.8 Å². The number of benzene rings is 1. The summed E-state index contributed by atoms with van der Waals surface area (Å²) < 4.78 is 35.5. The molecule has 3 N–H and O–H groups in total. The third kappa shape index (κ3) is 4.88. The molecule has 1 aliphatic heterocycles. The van der Waals surface area contributed by atoms with Crippen molar-refractivity contribution in [3.63, 3.8) is 0 Å². The highest BCUT2D eigenvalue weighted by Crippen LogP contribution is 2.36. The number of fused-ring (bicyclic) bond motifs is 1. The average Bonchev–Trinajstić information content (AvgIpc) is 3.44. The summed E-state index contributed by atoms with van der Waals surface area (Å²) in [5, 5.41) is 20.1. The van der Waals surface area contributed by atoms with Gasteiger partial charge in [-0.25, -0.2) is 8.78 Å². The minimum absolute atomic E-state index is 0.128. The molecule has 0 atom stereocenters. The number of aromatic nitrogens is 4. The number of hydrogen-bond acceptors (Lipinski definition) is 7. The molecule has 0 spiro atoms. The molecule has 0 bridgehead atoms. The maximum atomic E-state index is 15.2. The Morgan fingerprint density at radius 3 is 2.74 bits per heavy atom. The fourth-order valence-corrected chi connectivity index (χ4v) is 4.31. The molecule has 10 heteroatoms. The zero-order valence-corrected chi connectivity index (χ0v) is 19.5. The van der Waals surface area contributed by atoms with Crippen molar-refractivity contribution in [3.05, 3.63) is 58.3 Å². The van der Waals surface area contributed by atoms with Crippen molar-refractivity contribution < 1.29 is 18.6 Å². The summed E-state index contributed by atoms with van der Waals surface area (Å²) in [5.74, 6) is -0.000307. The number of nitrogens with zero attached hydrogens (tertiary/aromatic N) is 4. The SMILES string of the molecule is C/C=C/c1cc(Nc2cc(N3CCC(O)CC3)nc(Oc3cc(F)c4c(c3F)C=C(C)C4)n2)n[nH]1. The Bertz CT molecular complexity index is 1310. The van der Waals surface area contributed by atoms with Crippen molar-refractivity contribution in [2.45, 2.75) is 39.2 Å². The van der Waals surface area contributed by atoms with E-state index in [-0.39, 0.29) is 23.4 Å². The molecule has 0 unspecified atom stereocenters. The molecule has 35 heavy (non-hydrogen) atoms. The van der Waals surface area contributed by atoms with Gasteiger partial charge < -0.3 is 20.1 Å². The van der Waals surface area contributed by atoms with Crippen LogP contribution >= 0.6 is 0 Å². The van der Waals surface area contributed by atoms with Crippen LogP contribution in [0.1, 0.15) is 43.5 Å². The molecule has 0 radical (unpaired) electrons. The lowest BCUT2D eigenvalue weighted by Gasteiger charge is -2.30. The van der Waals surface area contributed by atoms with Crippen LogP contribution in [-0.2, 0) is 6.42 Å². The number of aromatic amines is 1. The van der Waals surface area contributed by atoms with Gasteiger partial charge in [0.2, 0.25) is 0 Å². The summed E-state index contributed by atoms with van der Waals surface area (Å²) in [6, 6.07) is 4.46. The first-order valence-corrected chi connectivity index (χ1v) is 11.5. The monoisotopic (exact) mass is 480 g/mol. The van der Waals surface area contributed by atoms with Gasteiger partial charge in [-0.05, 0) is 39.2 Å². The molecule has 1 fully saturated rings. The number of aliphatic hydroxyl groups is 1. The standard InChI is InChI=1S/C25H26F2N6O2/c1-3-4-15-11-22(32-31-15)28-21-13-23(33-7-5-16(34)6-8-33)30-25(29-21)35-20-12-19(26)17-9-14(2)10-18(17)24(20)27/h3-4,10-13,16,34H,5-9H2,1-2H3,(H2,28,29,30,31,32)/b4-3+. The third-order valence-corrected chi connectivity index (χ3v) is 6.05. The summed E-state index contributed by atoms with van der Waals surface area (Å²) in [5.41, 5.74) is 2.21. The zero-order chi connectivity index (χ0) is 24.5. The number of ether oxygens (including phenoxy) is 1. The number of allylic oxidation sites excluding steroid dienone is 2. The van der Waals surface area contributed by atoms with Crippen LogP contribution < -0.4 is 15.0 Å². The van der Waals surface area contributed by atoms with Crippen LogP contribution in [0, 0.1) is 11.6 Å². The van der Waals surface area contributed by atoms with E-state index in [1.807, 2.05) is 37.0 Å². The second-order valence-electron chi connectivity index (χ2n) is 8.78. The van der Waals surface area contributed by atoms with Gasteiger partial charge in [-0.1, -0.05) is 17.7 Å². The van der Waals surface area contributed by atoms with Gasteiger partial charge >= 0.3 is 6.01 Å². The lowest BCUT2D eigenvalue weighted by Crippen LogP contribution is -2.36. The number of piperidine rings is 1. The Hall–Kier alpha value is -3.79. The van der Waals surface area contributed by atoms with E-state index in [4.69, 9.17) is 4.74 Å². The lowest BCUT2D eigenvalue weighted by molar-refractivity contribution is 0.145. The first-order chi connectivity index (χ1) is 16.9. The Labute approximate surface area is 201 Å². The largest absolute Gasteiger partial charge is 0.421 e. The number of H-pyrrole nitrogens is 1. The Balaban J connectivity index is 1.49. The Kier molecular flexibility index (Phi) is 6.21. The minimum atomic E-state index is -0.647. The second kappa shape index (κ2) is 9.46. The summed E-state index contributed by atoms with van der Waals surface area (Å²) in [7, 11) is 0.